The van der Waals surface area contributed by atoms with Crippen LogP contribution in [0.2, 0.25) is 0 Å². The van der Waals surface area contributed by atoms with Gasteiger partial charge in [0.15, 0.2) is 0 Å². The summed E-state index contributed by atoms with van der Waals surface area (Å²) in [6.45, 7) is 2.47. The Balaban J connectivity index is 2.09. The van der Waals surface area contributed by atoms with E-state index in [1.165, 1.54) is 0 Å². The molecule has 1 heterocycles. The van der Waals surface area contributed by atoms with Crippen LogP contribution >= 0.6 is 0 Å². The lowest BCUT2D eigenvalue weighted by molar-refractivity contribution is 0.128. The fraction of sp³-hybridized carbons (Fsp3) is 0.857. The molecule has 64 valence electrons. The van der Waals surface area contributed by atoms with Crippen molar-refractivity contribution in [2.24, 2.45) is 11.7 Å². The summed E-state index contributed by atoms with van der Waals surface area (Å²) in [5, 5.41) is 3.23. The highest BCUT2D eigenvalue weighted by molar-refractivity contribution is 5.64. The summed E-state index contributed by atoms with van der Waals surface area (Å²) in [5.74, 6) is 0.455. The lowest BCUT2D eigenvalue weighted by atomic mass is 10.0. The van der Waals surface area contributed by atoms with E-state index in [0.29, 0.717) is 12.5 Å². The van der Waals surface area contributed by atoms with Gasteiger partial charge in [-0.3, -0.25) is 0 Å². The SMILES string of the molecule is NC(=O)OC[C@H]1CCCNC1. The van der Waals surface area contributed by atoms with Crippen molar-refractivity contribution in [3.8, 4) is 0 Å². The maximum Gasteiger partial charge on any atom is 0.404 e. The van der Waals surface area contributed by atoms with Crippen LogP contribution in [0.25, 0.3) is 0 Å². The molecule has 0 aromatic rings. The number of primary amides is 1. The number of hydrogen-bond acceptors (Lipinski definition) is 3. The molecule has 0 unspecified atom stereocenters. The molecule has 1 atom stereocenters. The van der Waals surface area contributed by atoms with Crippen LogP contribution in [0.3, 0.4) is 0 Å². The zero-order valence-electron chi connectivity index (χ0n) is 6.51. The van der Waals surface area contributed by atoms with Gasteiger partial charge in [0, 0.05) is 12.5 Å². The Labute approximate surface area is 66.1 Å². The molecule has 0 saturated carbocycles. The minimum atomic E-state index is -0.671. The number of hydrogen-bond donors (Lipinski definition) is 2. The van der Waals surface area contributed by atoms with E-state index in [2.05, 4.69) is 10.1 Å². The largest absolute Gasteiger partial charge is 0.449 e. The zero-order chi connectivity index (χ0) is 8.10. The number of amides is 1. The second-order valence-electron chi connectivity index (χ2n) is 2.84. The second kappa shape index (κ2) is 4.18. The Hall–Kier alpha value is -0.770. The van der Waals surface area contributed by atoms with E-state index in [4.69, 9.17) is 5.73 Å². The number of carbonyl (C=O) groups is 1. The molecule has 0 aromatic heterocycles. The Morgan fingerprint density at radius 2 is 2.55 bits per heavy atom. The van der Waals surface area contributed by atoms with Crippen LogP contribution in [0, 0.1) is 5.92 Å². The fourth-order valence-corrected chi connectivity index (χ4v) is 1.27. The van der Waals surface area contributed by atoms with Crippen LogP contribution in [0.15, 0.2) is 0 Å². The Kier molecular flexibility index (Phi) is 3.16. The molecule has 4 nitrogen and oxygen atoms in total. The van der Waals surface area contributed by atoms with Crippen LogP contribution in [0.4, 0.5) is 4.79 Å². The Bertz CT molecular complexity index is 132. The quantitative estimate of drug-likeness (QED) is 0.598. The molecule has 11 heavy (non-hydrogen) atoms. The smallest absolute Gasteiger partial charge is 0.404 e. The first-order valence-corrected chi connectivity index (χ1v) is 3.92. The standard InChI is InChI=1S/C7H14N2O2/c8-7(10)11-5-6-2-1-3-9-4-6/h6,9H,1-5H2,(H2,8,10)/t6-/m0/s1. The van der Waals surface area contributed by atoms with E-state index in [9.17, 15) is 4.79 Å². The van der Waals surface area contributed by atoms with Crippen LogP contribution in [0.5, 0.6) is 0 Å². The first-order chi connectivity index (χ1) is 5.29. The lowest BCUT2D eigenvalue weighted by Gasteiger charge is -2.21. The van der Waals surface area contributed by atoms with Gasteiger partial charge in [0.05, 0.1) is 6.61 Å². The number of nitrogens with two attached hydrogens (primary N) is 1. The van der Waals surface area contributed by atoms with E-state index in [0.717, 1.165) is 25.9 Å². The number of ether oxygens (including phenoxy) is 1. The highest BCUT2D eigenvalue weighted by Gasteiger charge is 2.13. The van der Waals surface area contributed by atoms with Gasteiger partial charge in [0.2, 0.25) is 0 Å². The third-order valence-electron chi connectivity index (χ3n) is 1.86. The van der Waals surface area contributed by atoms with Gasteiger partial charge in [-0.2, -0.15) is 0 Å². The van der Waals surface area contributed by atoms with Gasteiger partial charge in [-0.25, -0.2) is 4.79 Å². The first kappa shape index (κ1) is 8.33. The minimum Gasteiger partial charge on any atom is -0.449 e. The molecule has 0 radical (unpaired) electrons. The normalized spacial score (nSPS) is 24.5. The second-order valence-corrected chi connectivity index (χ2v) is 2.84. The Morgan fingerprint density at radius 1 is 1.73 bits per heavy atom. The van der Waals surface area contributed by atoms with E-state index in [-0.39, 0.29) is 0 Å². The molecular weight excluding hydrogens is 144 g/mol. The van der Waals surface area contributed by atoms with Crippen molar-refractivity contribution in [3.63, 3.8) is 0 Å². The fourth-order valence-electron chi connectivity index (χ4n) is 1.27. The predicted octanol–water partition coefficient (Wildman–Crippen LogP) is 0.0813. The highest BCUT2D eigenvalue weighted by atomic mass is 16.5. The van der Waals surface area contributed by atoms with E-state index < -0.39 is 6.09 Å². The molecule has 0 spiro atoms. The monoisotopic (exact) mass is 158 g/mol. The maximum atomic E-state index is 10.2. The van der Waals surface area contributed by atoms with Crippen LogP contribution in [-0.2, 0) is 4.74 Å². The molecule has 1 amide bonds. The van der Waals surface area contributed by atoms with Crippen molar-refractivity contribution in [2.45, 2.75) is 12.8 Å². The summed E-state index contributed by atoms with van der Waals surface area (Å²) in [7, 11) is 0. The molecule has 1 aliphatic rings. The maximum absolute atomic E-state index is 10.2. The first-order valence-electron chi connectivity index (χ1n) is 3.92. The van der Waals surface area contributed by atoms with Gasteiger partial charge in [0.25, 0.3) is 0 Å². The van der Waals surface area contributed by atoms with E-state index in [1.807, 2.05) is 0 Å². The zero-order valence-corrected chi connectivity index (χ0v) is 6.51. The van der Waals surface area contributed by atoms with Gasteiger partial charge in [0.1, 0.15) is 0 Å². The Morgan fingerprint density at radius 3 is 3.09 bits per heavy atom. The van der Waals surface area contributed by atoms with Crippen molar-refractivity contribution in [2.75, 3.05) is 19.7 Å². The number of carbonyl (C=O) groups excluding carboxylic acids is 1. The number of piperidine rings is 1. The van der Waals surface area contributed by atoms with Gasteiger partial charge in [-0.15, -0.1) is 0 Å². The molecule has 0 bridgehead atoms. The van der Waals surface area contributed by atoms with E-state index in [1.54, 1.807) is 0 Å². The summed E-state index contributed by atoms with van der Waals surface area (Å²) >= 11 is 0. The summed E-state index contributed by atoms with van der Waals surface area (Å²) < 4.78 is 4.68. The van der Waals surface area contributed by atoms with Gasteiger partial charge < -0.3 is 15.8 Å². The van der Waals surface area contributed by atoms with E-state index >= 15 is 0 Å². The average molecular weight is 158 g/mol. The highest BCUT2D eigenvalue weighted by Crippen LogP contribution is 2.09. The van der Waals surface area contributed by atoms with Crippen LogP contribution < -0.4 is 11.1 Å². The molecule has 1 saturated heterocycles. The van der Waals surface area contributed by atoms with Crippen LogP contribution in [-0.4, -0.2) is 25.8 Å². The minimum absolute atomic E-state index is 0.455. The van der Waals surface area contributed by atoms with Gasteiger partial charge in [-0.1, -0.05) is 0 Å². The van der Waals surface area contributed by atoms with Crippen molar-refractivity contribution >= 4 is 6.09 Å². The lowest BCUT2D eigenvalue weighted by Crippen LogP contribution is -2.33. The molecule has 1 fully saturated rings. The molecule has 0 aromatic carbocycles. The van der Waals surface area contributed by atoms with Crippen LogP contribution in [0.1, 0.15) is 12.8 Å². The number of rotatable bonds is 2. The van der Waals surface area contributed by atoms with Crippen molar-refractivity contribution in [1.82, 2.24) is 5.32 Å². The molecule has 1 rings (SSSR count). The van der Waals surface area contributed by atoms with Gasteiger partial charge in [-0.05, 0) is 19.4 Å². The van der Waals surface area contributed by atoms with Gasteiger partial charge >= 0.3 is 6.09 Å². The predicted molar refractivity (Wildman–Crippen MR) is 41.1 cm³/mol. The van der Waals surface area contributed by atoms with Crippen molar-refractivity contribution in [1.29, 1.82) is 0 Å². The molecule has 1 aliphatic heterocycles. The molecule has 0 aliphatic carbocycles. The number of nitrogens with one attached hydrogen (secondary N) is 1. The van der Waals surface area contributed by atoms with Crippen molar-refractivity contribution < 1.29 is 9.53 Å². The molecule has 4 heteroatoms. The topological polar surface area (TPSA) is 64.4 Å². The third-order valence-corrected chi connectivity index (χ3v) is 1.86. The third kappa shape index (κ3) is 3.23. The summed E-state index contributed by atoms with van der Waals surface area (Å²) in [6, 6.07) is 0. The summed E-state index contributed by atoms with van der Waals surface area (Å²) in [4.78, 5) is 10.2. The summed E-state index contributed by atoms with van der Waals surface area (Å²) in [5.41, 5.74) is 4.83. The average Bonchev–Trinajstić information content (AvgIpc) is 2.03. The molecular formula is C7H14N2O2. The summed E-state index contributed by atoms with van der Waals surface area (Å²) in [6.07, 6.45) is 1.61. The van der Waals surface area contributed by atoms with Crippen molar-refractivity contribution in [3.05, 3.63) is 0 Å². The molecule has 3 N–H and O–H groups in total.